The summed E-state index contributed by atoms with van der Waals surface area (Å²) in [7, 11) is 0. The fourth-order valence-corrected chi connectivity index (χ4v) is 3.11. The molecule has 0 saturated heterocycles. The van der Waals surface area contributed by atoms with Crippen LogP contribution in [0.1, 0.15) is 29.9 Å². The second-order valence-corrected chi connectivity index (χ2v) is 6.66. The number of amides is 1. The molecule has 150 valence electrons. The summed E-state index contributed by atoms with van der Waals surface area (Å²) in [5, 5.41) is 5.88. The van der Waals surface area contributed by atoms with E-state index in [0.717, 1.165) is 30.0 Å². The van der Waals surface area contributed by atoms with Crippen LogP contribution in [-0.2, 0) is 0 Å². The third-order valence-corrected chi connectivity index (χ3v) is 4.73. The molecule has 0 fully saturated rings. The summed E-state index contributed by atoms with van der Waals surface area (Å²) in [5.41, 5.74) is 4.01. The molecule has 6 heteroatoms. The SMILES string of the molecule is CCN(CC)c1ccc(NC(=O)c2cc(Nc3ccccc3F)ccn2)c(C)c1. The molecule has 1 amide bonds. The number of benzene rings is 2. The van der Waals surface area contributed by atoms with E-state index in [1.165, 1.54) is 12.3 Å². The van der Waals surface area contributed by atoms with Crippen molar-refractivity contribution in [3.8, 4) is 0 Å². The number of aromatic nitrogens is 1. The van der Waals surface area contributed by atoms with Crippen molar-refractivity contribution in [2.24, 2.45) is 0 Å². The number of carbonyl (C=O) groups excluding carboxylic acids is 1. The minimum atomic E-state index is -0.362. The maximum absolute atomic E-state index is 13.8. The van der Waals surface area contributed by atoms with Gasteiger partial charge in [0.1, 0.15) is 11.5 Å². The number of rotatable bonds is 7. The zero-order chi connectivity index (χ0) is 20.8. The monoisotopic (exact) mass is 392 g/mol. The van der Waals surface area contributed by atoms with Gasteiger partial charge in [-0.25, -0.2) is 4.39 Å². The van der Waals surface area contributed by atoms with E-state index in [2.05, 4.69) is 40.4 Å². The molecule has 0 aliphatic carbocycles. The molecule has 0 aliphatic heterocycles. The van der Waals surface area contributed by atoms with E-state index < -0.39 is 0 Å². The Morgan fingerprint density at radius 3 is 2.48 bits per heavy atom. The number of nitrogens with zero attached hydrogens (tertiary/aromatic N) is 2. The van der Waals surface area contributed by atoms with Crippen molar-refractivity contribution in [3.63, 3.8) is 0 Å². The van der Waals surface area contributed by atoms with Crippen LogP contribution < -0.4 is 15.5 Å². The van der Waals surface area contributed by atoms with Crippen molar-refractivity contribution in [2.45, 2.75) is 20.8 Å². The van der Waals surface area contributed by atoms with Crippen molar-refractivity contribution < 1.29 is 9.18 Å². The zero-order valence-electron chi connectivity index (χ0n) is 16.9. The summed E-state index contributed by atoms with van der Waals surface area (Å²) in [6.45, 7) is 8.04. The van der Waals surface area contributed by atoms with Crippen LogP contribution in [0.5, 0.6) is 0 Å². The Morgan fingerprint density at radius 2 is 1.79 bits per heavy atom. The molecule has 2 aromatic carbocycles. The summed E-state index contributed by atoms with van der Waals surface area (Å²) in [6.07, 6.45) is 1.52. The second-order valence-electron chi connectivity index (χ2n) is 6.66. The molecule has 0 bridgehead atoms. The van der Waals surface area contributed by atoms with Gasteiger partial charge in [-0.05, 0) is 68.8 Å². The number of pyridine rings is 1. The minimum Gasteiger partial charge on any atom is -0.372 e. The Labute approximate surface area is 170 Å². The third kappa shape index (κ3) is 4.90. The molecule has 0 aliphatic rings. The van der Waals surface area contributed by atoms with Crippen LogP contribution >= 0.6 is 0 Å². The van der Waals surface area contributed by atoms with Gasteiger partial charge >= 0.3 is 0 Å². The molecule has 0 radical (unpaired) electrons. The molecule has 3 aromatic rings. The zero-order valence-corrected chi connectivity index (χ0v) is 16.9. The number of hydrogen-bond acceptors (Lipinski definition) is 4. The van der Waals surface area contributed by atoms with E-state index in [0.29, 0.717) is 11.4 Å². The predicted octanol–water partition coefficient (Wildman–Crippen LogP) is 5.37. The first-order valence-electron chi connectivity index (χ1n) is 9.66. The first-order valence-corrected chi connectivity index (χ1v) is 9.66. The fraction of sp³-hybridized carbons (Fsp3) is 0.217. The van der Waals surface area contributed by atoms with Crippen LogP contribution in [0.15, 0.2) is 60.8 Å². The number of halogens is 1. The van der Waals surface area contributed by atoms with E-state index >= 15 is 0 Å². The lowest BCUT2D eigenvalue weighted by molar-refractivity contribution is 0.102. The number of aryl methyl sites for hydroxylation is 1. The fourth-order valence-electron chi connectivity index (χ4n) is 3.11. The maximum Gasteiger partial charge on any atom is 0.274 e. The Morgan fingerprint density at radius 1 is 1.03 bits per heavy atom. The van der Waals surface area contributed by atoms with E-state index in [9.17, 15) is 9.18 Å². The lowest BCUT2D eigenvalue weighted by Crippen LogP contribution is -2.22. The Kier molecular flexibility index (Phi) is 6.44. The first-order chi connectivity index (χ1) is 14.0. The smallest absolute Gasteiger partial charge is 0.274 e. The number of hydrogen-bond donors (Lipinski definition) is 2. The molecular weight excluding hydrogens is 367 g/mol. The normalized spacial score (nSPS) is 10.5. The lowest BCUT2D eigenvalue weighted by atomic mass is 10.1. The van der Waals surface area contributed by atoms with Crippen LogP contribution in [0.3, 0.4) is 0 Å². The molecular formula is C23H25FN4O. The molecule has 0 spiro atoms. The Hall–Kier alpha value is -3.41. The first kappa shape index (κ1) is 20.3. The highest BCUT2D eigenvalue weighted by atomic mass is 19.1. The van der Waals surface area contributed by atoms with E-state index in [4.69, 9.17) is 0 Å². The van der Waals surface area contributed by atoms with Gasteiger partial charge < -0.3 is 15.5 Å². The quantitative estimate of drug-likeness (QED) is 0.567. The Bertz CT molecular complexity index is 1000. The van der Waals surface area contributed by atoms with Gasteiger partial charge in [0.15, 0.2) is 0 Å². The largest absolute Gasteiger partial charge is 0.372 e. The minimum absolute atomic E-state index is 0.249. The molecule has 2 N–H and O–H groups in total. The standard InChI is InChI=1S/C23H25FN4O/c1-4-28(5-2)18-10-11-20(16(3)14-18)27-23(29)22-15-17(12-13-25-22)26-21-9-7-6-8-19(21)24/h6-15H,4-5H2,1-3H3,(H,25,26)(H,27,29). The average Bonchev–Trinajstić information content (AvgIpc) is 2.73. The van der Waals surface area contributed by atoms with E-state index in [1.807, 2.05) is 19.1 Å². The van der Waals surface area contributed by atoms with Crippen LogP contribution in [0, 0.1) is 12.7 Å². The maximum atomic E-state index is 13.8. The molecule has 1 aromatic heterocycles. The molecule has 29 heavy (non-hydrogen) atoms. The summed E-state index contributed by atoms with van der Waals surface area (Å²) in [6, 6.07) is 15.6. The van der Waals surface area contributed by atoms with Crippen LogP contribution in [0.2, 0.25) is 0 Å². The highest BCUT2D eigenvalue weighted by Crippen LogP contribution is 2.24. The van der Waals surface area contributed by atoms with Crippen LogP contribution in [0.25, 0.3) is 0 Å². The highest BCUT2D eigenvalue weighted by Gasteiger charge is 2.12. The summed E-state index contributed by atoms with van der Waals surface area (Å²) in [4.78, 5) is 19.1. The number of para-hydroxylation sites is 1. The lowest BCUT2D eigenvalue weighted by Gasteiger charge is -2.22. The van der Waals surface area contributed by atoms with Crippen LogP contribution in [0.4, 0.5) is 27.1 Å². The van der Waals surface area contributed by atoms with Gasteiger partial charge in [0, 0.05) is 36.3 Å². The third-order valence-electron chi connectivity index (χ3n) is 4.73. The van der Waals surface area contributed by atoms with Crippen molar-refractivity contribution in [3.05, 3.63) is 77.9 Å². The van der Waals surface area contributed by atoms with E-state index in [-0.39, 0.29) is 17.4 Å². The van der Waals surface area contributed by atoms with Gasteiger partial charge in [0.2, 0.25) is 0 Å². The van der Waals surface area contributed by atoms with E-state index in [1.54, 1.807) is 30.3 Å². The second kappa shape index (κ2) is 9.19. The van der Waals surface area contributed by atoms with Crippen LogP contribution in [-0.4, -0.2) is 24.0 Å². The van der Waals surface area contributed by atoms with Gasteiger partial charge in [0.25, 0.3) is 5.91 Å². The van der Waals surface area contributed by atoms with Crippen molar-refractivity contribution in [1.82, 2.24) is 4.98 Å². The summed E-state index contributed by atoms with van der Waals surface area (Å²) < 4.78 is 13.8. The molecule has 1 heterocycles. The molecule has 0 saturated carbocycles. The molecule has 3 rings (SSSR count). The Balaban J connectivity index is 1.75. The number of carbonyl (C=O) groups is 1. The molecule has 5 nitrogen and oxygen atoms in total. The predicted molar refractivity (Wildman–Crippen MR) is 117 cm³/mol. The van der Waals surface area contributed by atoms with Crippen molar-refractivity contribution in [1.29, 1.82) is 0 Å². The summed E-state index contributed by atoms with van der Waals surface area (Å²) in [5.74, 6) is -0.680. The average molecular weight is 392 g/mol. The number of nitrogens with one attached hydrogen (secondary N) is 2. The highest BCUT2D eigenvalue weighted by molar-refractivity contribution is 6.04. The van der Waals surface area contributed by atoms with Gasteiger partial charge in [0.05, 0.1) is 5.69 Å². The summed E-state index contributed by atoms with van der Waals surface area (Å²) >= 11 is 0. The van der Waals surface area contributed by atoms with Crippen molar-refractivity contribution >= 4 is 28.7 Å². The molecule has 0 atom stereocenters. The number of anilines is 4. The van der Waals surface area contributed by atoms with Gasteiger partial charge in [-0.2, -0.15) is 0 Å². The molecule has 0 unspecified atom stereocenters. The van der Waals surface area contributed by atoms with Gasteiger partial charge in [-0.3, -0.25) is 9.78 Å². The van der Waals surface area contributed by atoms with Gasteiger partial charge in [-0.15, -0.1) is 0 Å². The van der Waals surface area contributed by atoms with Gasteiger partial charge in [-0.1, -0.05) is 12.1 Å². The van der Waals surface area contributed by atoms with Crippen molar-refractivity contribution in [2.75, 3.05) is 28.6 Å². The topological polar surface area (TPSA) is 57.3 Å².